The zero-order chi connectivity index (χ0) is 26.2. The van der Waals surface area contributed by atoms with Crippen LogP contribution >= 0.6 is 0 Å². The number of nitrogens with zero attached hydrogens (tertiary/aromatic N) is 1. The first kappa shape index (κ1) is 26.1. The molecule has 0 aliphatic heterocycles. The average molecular weight is 503 g/mol. The lowest BCUT2D eigenvalue weighted by Crippen LogP contribution is -2.22. The van der Waals surface area contributed by atoms with E-state index in [2.05, 4.69) is 15.6 Å². The van der Waals surface area contributed by atoms with Crippen LogP contribution in [0.5, 0.6) is 11.5 Å². The summed E-state index contributed by atoms with van der Waals surface area (Å²) >= 11 is 0. The fraction of sp³-hybridized carbons (Fsp3) is 0.222. The summed E-state index contributed by atoms with van der Waals surface area (Å²) in [7, 11) is -1.44. The molecule has 1 heterocycles. The van der Waals surface area contributed by atoms with Crippen LogP contribution < -0.4 is 15.4 Å². The van der Waals surface area contributed by atoms with E-state index in [1.165, 1.54) is 24.3 Å². The summed E-state index contributed by atoms with van der Waals surface area (Å²) in [5.41, 5.74) is 2.69. The number of rotatable bonds is 10. The largest absolute Gasteiger partial charge is 0.459 e. The van der Waals surface area contributed by atoms with Crippen molar-refractivity contribution in [3.05, 3.63) is 83.9 Å². The number of unbranched alkanes of at least 4 members (excludes halogenated alkanes) is 1. The summed E-state index contributed by atoms with van der Waals surface area (Å²) in [6.45, 7) is 0. The number of ether oxygens (including phenoxy) is 1. The van der Waals surface area contributed by atoms with E-state index in [9.17, 15) is 24.0 Å². The van der Waals surface area contributed by atoms with Crippen molar-refractivity contribution in [2.24, 2.45) is 0 Å². The first-order chi connectivity index (χ1) is 17.9. The molecule has 0 saturated heterocycles. The van der Waals surface area contributed by atoms with E-state index in [0.29, 0.717) is 42.1 Å². The zero-order valence-corrected chi connectivity index (χ0v) is 20.1. The minimum absolute atomic E-state index is 0.151. The summed E-state index contributed by atoms with van der Waals surface area (Å²) in [5, 5.41) is 24.4. The van der Waals surface area contributed by atoms with Crippen molar-refractivity contribution in [3.8, 4) is 11.5 Å². The first-order valence-electron chi connectivity index (χ1n) is 12.0. The topological polar surface area (TPSA) is 121 Å². The van der Waals surface area contributed by atoms with Crippen molar-refractivity contribution in [2.75, 3.05) is 10.6 Å². The first-order valence-corrected chi connectivity index (χ1v) is 12.0. The second-order valence-corrected chi connectivity index (χ2v) is 8.75. The monoisotopic (exact) mass is 503 g/mol. The molecule has 0 radical (unpaired) electrons. The van der Waals surface area contributed by atoms with Crippen molar-refractivity contribution >= 4 is 36.4 Å². The van der Waals surface area contributed by atoms with Gasteiger partial charge in [-0.1, -0.05) is 12.2 Å². The average Bonchev–Trinajstić information content (AvgIpc) is 2.89. The molecule has 2 aromatic carbocycles. The Labute approximate surface area is 214 Å². The summed E-state index contributed by atoms with van der Waals surface area (Å²) in [5.74, 6) is 0.0806. The van der Waals surface area contributed by atoms with Gasteiger partial charge in [-0.3, -0.25) is 14.6 Å². The molecular weight excluding hydrogens is 476 g/mol. The van der Waals surface area contributed by atoms with E-state index < -0.39 is 12.9 Å². The number of pyridine rings is 1. The number of anilines is 2. The van der Waals surface area contributed by atoms with Crippen LogP contribution in [0.2, 0.25) is 5.82 Å². The maximum absolute atomic E-state index is 12.9. The lowest BCUT2D eigenvalue weighted by Gasteiger charge is -2.19. The van der Waals surface area contributed by atoms with Crippen LogP contribution in [0.4, 0.5) is 15.8 Å². The molecule has 2 amide bonds. The van der Waals surface area contributed by atoms with Gasteiger partial charge in [0.25, 0.3) is 0 Å². The Morgan fingerprint density at radius 3 is 2.14 bits per heavy atom. The van der Waals surface area contributed by atoms with E-state index in [4.69, 9.17) is 4.74 Å². The van der Waals surface area contributed by atoms with E-state index in [0.717, 1.165) is 11.3 Å². The maximum Gasteiger partial charge on any atom is 0.459 e. The molecule has 0 saturated carbocycles. The van der Waals surface area contributed by atoms with Crippen LogP contribution in [-0.2, 0) is 16.0 Å². The van der Waals surface area contributed by atoms with Crippen LogP contribution in [0.1, 0.15) is 36.9 Å². The molecule has 0 fully saturated rings. The van der Waals surface area contributed by atoms with Crippen LogP contribution in [0.15, 0.2) is 66.9 Å². The van der Waals surface area contributed by atoms with Crippen molar-refractivity contribution in [1.29, 1.82) is 0 Å². The zero-order valence-electron chi connectivity index (χ0n) is 20.1. The molecule has 1 aliphatic rings. The van der Waals surface area contributed by atoms with Crippen LogP contribution in [-0.4, -0.2) is 34.0 Å². The molecule has 4 N–H and O–H groups in total. The molecule has 1 unspecified atom stereocenters. The second kappa shape index (κ2) is 12.3. The highest BCUT2D eigenvalue weighted by molar-refractivity contribution is 6.44. The van der Waals surface area contributed by atoms with Gasteiger partial charge in [-0.15, -0.1) is 0 Å². The van der Waals surface area contributed by atoms with E-state index in [1.807, 2.05) is 0 Å². The van der Waals surface area contributed by atoms with E-state index in [1.54, 1.807) is 48.7 Å². The number of aromatic nitrogens is 1. The molecule has 4 rings (SSSR count). The molecule has 3 aromatic rings. The summed E-state index contributed by atoms with van der Waals surface area (Å²) in [6.07, 6.45) is 7.20. The number of hydrogen-bond acceptors (Lipinski definition) is 6. The molecule has 0 spiro atoms. The molecule has 37 heavy (non-hydrogen) atoms. The lowest BCUT2D eigenvalue weighted by molar-refractivity contribution is -0.118. The summed E-state index contributed by atoms with van der Waals surface area (Å²) < 4.78 is 18.9. The molecule has 1 atom stereocenters. The van der Waals surface area contributed by atoms with E-state index >= 15 is 0 Å². The van der Waals surface area contributed by atoms with Crippen molar-refractivity contribution in [1.82, 2.24) is 4.98 Å². The van der Waals surface area contributed by atoms with Gasteiger partial charge in [-0.25, -0.2) is 4.39 Å². The third-order valence-electron chi connectivity index (χ3n) is 5.91. The summed E-state index contributed by atoms with van der Waals surface area (Å²) in [4.78, 5) is 28.6. The van der Waals surface area contributed by atoms with Gasteiger partial charge in [-0.05, 0) is 73.9 Å². The van der Waals surface area contributed by atoms with Gasteiger partial charge in [0.05, 0.1) is 5.69 Å². The molecular formula is C27H27BFN3O5. The number of amides is 2. The highest BCUT2D eigenvalue weighted by Crippen LogP contribution is 2.34. The number of allylic oxidation sites excluding steroid dienone is 1. The number of nitrogens with one attached hydrogen (secondary N) is 2. The normalized spacial score (nSPS) is 14.0. The standard InChI is InChI=1S/C27H27BFN3O5/c29-19-6-8-20(9-7-19)31-26(33)3-1-2-4-27(34)32-21-10-12-22(13-11-21)37-25-15-16-30-24-17-18(28(35)36)5-14-23(24)25/h5-16,18,35-36H,1-4,17H2,(H,31,33)(H,32,34). The van der Waals surface area contributed by atoms with Crippen molar-refractivity contribution < 1.29 is 28.8 Å². The number of benzene rings is 2. The van der Waals surface area contributed by atoms with Crippen LogP contribution in [0.25, 0.3) is 6.08 Å². The van der Waals surface area contributed by atoms with Crippen LogP contribution in [0.3, 0.4) is 0 Å². The Morgan fingerprint density at radius 2 is 1.54 bits per heavy atom. The molecule has 8 nitrogen and oxygen atoms in total. The van der Waals surface area contributed by atoms with Gasteiger partial charge in [0.1, 0.15) is 17.3 Å². The van der Waals surface area contributed by atoms with E-state index in [-0.39, 0.29) is 30.5 Å². The minimum Gasteiger partial charge on any atom is -0.457 e. The number of halogens is 1. The highest BCUT2D eigenvalue weighted by Gasteiger charge is 2.26. The Hall–Kier alpha value is -4.02. The van der Waals surface area contributed by atoms with Crippen molar-refractivity contribution in [2.45, 2.75) is 37.9 Å². The predicted molar refractivity (Wildman–Crippen MR) is 140 cm³/mol. The predicted octanol–water partition coefficient (Wildman–Crippen LogP) is 4.56. The van der Waals surface area contributed by atoms with Gasteiger partial charge in [-0.2, -0.15) is 0 Å². The van der Waals surface area contributed by atoms with Gasteiger partial charge >= 0.3 is 7.12 Å². The highest BCUT2D eigenvalue weighted by atomic mass is 19.1. The Balaban J connectivity index is 1.21. The minimum atomic E-state index is -1.44. The number of carbonyl (C=O) groups is 2. The van der Waals surface area contributed by atoms with Gasteiger partial charge < -0.3 is 25.4 Å². The SMILES string of the molecule is O=C(CCCCC(=O)Nc1ccc(Oc2ccnc3c2C=CC(B(O)O)C3)cc1)Nc1ccc(F)cc1. The molecule has 1 aliphatic carbocycles. The fourth-order valence-corrected chi connectivity index (χ4v) is 3.93. The molecule has 190 valence electrons. The lowest BCUT2D eigenvalue weighted by atomic mass is 9.68. The van der Waals surface area contributed by atoms with Crippen molar-refractivity contribution in [3.63, 3.8) is 0 Å². The molecule has 0 bridgehead atoms. The third-order valence-corrected chi connectivity index (χ3v) is 5.91. The number of fused-ring (bicyclic) bond motifs is 1. The van der Waals surface area contributed by atoms with Gasteiger partial charge in [0, 0.05) is 41.8 Å². The molecule has 10 heteroatoms. The third kappa shape index (κ3) is 7.48. The summed E-state index contributed by atoms with van der Waals surface area (Å²) in [6, 6.07) is 14.3. The van der Waals surface area contributed by atoms with Crippen LogP contribution in [0, 0.1) is 5.82 Å². The molecule has 1 aromatic heterocycles. The Bertz CT molecular complexity index is 1270. The van der Waals surface area contributed by atoms with Gasteiger partial charge in [0.2, 0.25) is 11.8 Å². The maximum atomic E-state index is 12.9. The smallest absolute Gasteiger partial charge is 0.457 e. The number of hydrogen-bond donors (Lipinski definition) is 4. The quantitative estimate of drug-likeness (QED) is 0.238. The Morgan fingerprint density at radius 1 is 0.946 bits per heavy atom. The van der Waals surface area contributed by atoms with Gasteiger partial charge in [0.15, 0.2) is 0 Å². The Kier molecular flexibility index (Phi) is 8.66. The number of carbonyl (C=O) groups excluding carboxylic acids is 2. The second-order valence-electron chi connectivity index (χ2n) is 8.75. The fourth-order valence-electron chi connectivity index (χ4n) is 3.93.